The average Bonchev–Trinajstić information content (AvgIpc) is 2.36. The molecule has 0 atom stereocenters. The molecular formula is C11H14ClNO6S. The van der Waals surface area contributed by atoms with E-state index in [1.165, 1.54) is 25.3 Å². The minimum absolute atomic E-state index is 0.0950. The van der Waals surface area contributed by atoms with E-state index in [2.05, 4.69) is 0 Å². The van der Waals surface area contributed by atoms with Crippen LogP contribution in [0.4, 0.5) is 5.69 Å². The lowest BCUT2D eigenvalue weighted by Gasteiger charge is -2.10. The van der Waals surface area contributed by atoms with E-state index in [0.717, 1.165) is 0 Å². The Hall–Kier alpha value is -1.54. The highest BCUT2D eigenvalue weighted by Crippen LogP contribution is 2.31. The van der Waals surface area contributed by atoms with Crippen molar-refractivity contribution in [3.63, 3.8) is 0 Å². The second-order valence-corrected chi connectivity index (χ2v) is 6.79. The lowest BCUT2D eigenvalue weighted by atomic mass is 10.3. The zero-order valence-electron chi connectivity index (χ0n) is 10.7. The molecule has 0 amide bonds. The van der Waals surface area contributed by atoms with Gasteiger partial charge in [0.1, 0.15) is 0 Å². The van der Waals surface area contributed by atoms with Gasteiger partial charge in [0.2, 0.25) is 9.05 Å². The number of halogens is 1. The summed E-state index contributed by atoms with van der Waals surface area (Å²) in [5, 5.41) is 10.6. The van der Waals surface area contributed by atoms with E-state index in [4.69, 9.17) is 20.2 Å². The third-order valence-electron chi connectivity index (χ3n) is 2.40. The van der Waals surface area contributed by atoms with Crippen LogP contribution < -0.4 is 9.47 Å². The zero-order chi connectivity index (χ0) is 15.2. The maximum Gasteiger partial charge on any atom is 0.273 e. The Bertz CT molecular complexity index is 574. The molecule has 20 heavy (non-hydrogen) atoms. The average molecular weight is 324 g/mol. The molecule has 0 saturated heterocycles. The highest BCUT2D eigenvalue weighted by atomic mass is 35.7. The van der Waals surface area contributed by atoms with Crippen molar-refractivity contribution in [2.45, 2.75) is 12.8 Å². The number of unbranched alkanes of at least 4 members (excludes halogenated alkanes) is 1. The molecule has 0 aliphatic rings. The van der Waals surface area contributed by atoms with Gasteiger partial charge in [0.25, 0.3) is 5.69 Å². The highest BCUT2D eigenvalue weighted by Gasteiger charge is 2.12. The van der Waals surface area contributed by atoms with Crippen LogP contribution in [0, 0.1) is 10.1 Å². The first-order chi connectivity index (χ1) is 9.33. The number of hydrogen-bond acceptors (Lipinski definition) is 6. The molecular weight excluding hydrogens is 310 g/mol. The molecule has 1 aromatic rings. The van der Waals surface area contributed by atoms with Gasteiger partial charge in [-0.15, -0.1) is 0 Å². The fraction of sp³-hybridized carbons (Fsp3) is 0.455. The molecule has 7 nitrogen and oxygen atoms in total. The van der Waals surface area contributed by atoms with Gasteiger partial charge >= 0.3 is 0 Å². The molecule has 0 aromatic heterocycles. The minimum atomic E-state index is -3.48. The molecule has 1 aromatic carbocycles. The van der Waals surface area contributed by atoms with Crippen LogP contribution in [0.25, 0.3) is 0 Å². The molecule has 1 rings (SSSR count). The monoisotopic (exact) mass is 323 g/mol. The summed E-state index contributed by atoms with van der Waals surface area (Å²) in [4.78, 5) is 10.1. The van der Waals surface area contributed by atoms with Gasteiger partial charge in [0, 0.05) is 16.7 Å². The molecule has 0 saturated carbocycles. The summed E-state index contributed by atoms with van der Waals surface area (Å²) in [6.45, 7) is 0.264. The van der Waals surface area contributed by atoms with Crippen molar-refractivity contribution in [3.8, 4) is 11.5 Å². The predicted molar refractivity (Wildman–Crippen MR) is 74.0 cm³/mol. The number of benzene rings is 1. The van der Waals surface area contributed by atoms with Gasteiger partial charge in [-0.25, -0.2) is 8.42 Å². The van der Waals surface area contributed by atoms with Crippen LogP contribution in [0.2, 0.25) is 0 Å². The number of ether oxygens (including phenoxy) is 2. The summed E-state index contributed by atoms with van der Waals surface area (Å²) >= 11 is 0. The van der Waals surface area contributed by atoms with E-state index in [1.54, 1.807) is 0 Å². The number of nitrogens with zero attached hydrogens (tertiary/aromatic N) is 1. The molecule has 0 bridgehead atoms. The van der Waals surface area contributed by atoms with Crippen LogP contribution in [0.15, 0.2) is 18.2 Å². The molecule has 0 radical (unpaired) electrons. The number of non-ortho nitro benzene ring substituents is 1. The Morgan fingerprint density at radius 3 is 2.55 bits per heavy atom. The van der Waals surface area contributed by atoms with Crippen molar-refractivity contribution in [1.29, 1.82) is 0 Å². The Morgan fingerprint density at radius 2 is 2.00 bits per heavy atom. The Morgan fingerprint density at radius 1 is 1.30 bits per heavy atom. The normalized spacial score (nSPS) is 11.1. The van der Waals surface area contributed by atoms with Gasteiger partial charge in [0.15, 0.2) is 11.5 Å². The van der Waals surface area contributed by atoms with E-state index in [9.17, 15) is 18.5 Å². The third-order valence-corrected chi connectivity index (χ3v) is 3.64. The lowest BCUT2D eigenvalue weighted by molar-refractivity contribution is -0.384. The molecule has 112 valence electrons. The largest absolute Gasteiger partial charge is 0.493 e. The molecule has 9 heteroatoms. The summed E-state index contributed by atoms with van der Waals surface area (Å²) in [5.41, 5.74) is -0.0950. The summed E-state index contributed by atoms with van der Waals surface area (Å²) in [6.07, 6.45) is 0.868. The maximum absolute atomic E-state index is 10.7. The number of rotatable bonds is 8. The van der Waals surface area contributed by atoms with Crippen molar-refractivity contribution in [1.82, 2.24) is 0 Å². The van der Waals surface area contributed by atoms with E-state index in [1.807, 2.05) is 0 Å². The molecule has 0 N–H and O–H groups in total. The van der Waals surface area contributed by atoms with E-state index < -0.39 is 14.0 Å². The summed E-state index contributed by atoms with van der Waals surface area (Å²) < 4.78 is 31.8. The number of nitro benzene ring substituents is 1. The van der Waals surface area contributed by atoms with Gasteiger partial charge in [-0.1, -0.05) is 0 Å². The molecule has 0 fully saturated rings. The number of hydrogen-bond donors (Lipinski definition) is 0. The fourth-order valence-electron chi connectivity index (χ4n) is 1.45. The lowest BCUT2D eigenvalue weighted by Crippen LogP contribution is -2.03. The van der Waals surface area contributed by atoms with Crippen molar-refractivity contribution in [2.24, 2.45) is 0 Å². The van der Waals surface area contributed by atoms with Crippen molar-refractivity contribution in [2.75, 3.05) is 19.5 Å². The van der Waals surface area contributed by atoms with Crippen LogP contribution in [0.1, 0.15) is 12.8 Å². The SMILES string of the molecule is COc1cc([N+](=O)[O-])ccc1OCCCCS(=O)(=O)Cl. The number of nitro groups is 1. The summed E-state index contributed by atoms with van der Waals surface area (Å²) in [7, 11) is 2.97. The third kappa shape index (κ3) is 5.62. The second kappa shape index (κ2) is 7.30. The molecule has 0 heterocycles. The van der Waals surface area contributed by atoms with Crippen molar-refractivity contribution >= 4 is 25.4 Å². The first-order valence-electron chi connectivity index (χ1n) is 5.71. The van der Waals surface area contributed by atoms with E-state index in [-0.39, 0.29) is 23.8 Å². The second-order valence-electron chi connectivity index (χ2n) is 3.89. The van der Waals surface area contributed by atoms with Gasteiger partial charge in [-0.05, 0) is 18.9 Å². The Labute approximate surface area is 121 Å². The molecule has 0 unspecified atom stereocenters. The van der Waals surface area contributed by atoms with E-state index in [0.29, 0.717) is 18.6 Å². The van der Waals surface area contributed by atoms with Crippen LogP contribution in [0.5, 0.6) is 11.5 Å². The maximum atomic E-state index is 10.7. The minimum Gasteiger partial charge on any atom is -0.493 e. The molecule has 0 aliphatic heterocycles. The van der Waals surface area contributed by atoms with Gasteiger partial charge in [0.05, 0.1) is 30.5 Å². The van der Waals surface area contributed by atoms with Gasteiger partial charge in [-0.2, -0.15) is 0 Å². The standard InChI is InChI=1S/C11H14ClNO6S/c1-18-11-8-9(13(14)15)4-5-10(11)19-6-2-3-7-20(12,16)17/h4-5,8H,2-3,6-7H2,1H3. The first-order valence-corrected chi connectivity index (χ1v) is 8.19. The highest BCUT2D eigenvalue weighted by molar-refractivity contribution is 8.13. The van der Waals surface area contributed by atoms with Crippen molar-refractivity contribution in [3.05, 3.63) is 28.3 Å². The van der Waals surface area contributed by atoms with Crippen LogP contribution in [0.3, 0.4) is 0 Å². The van der Waals surface area contributed by atoms with Crippen LogP contribution in [-0.2, 0) is 9.05 Å². The van der Waals surface area contributed by atoms with E-state index >= 15 is 0 Å². The summed E-state index contributed by atoms with van der Waals surface area (Å²) in [6, 6.07) is 4.01. The quantitative estimate of drug-likeness (QED) is 0.315. The van der Waals surface area contributed by atoms with Gasteiger partial charge in [-0.3, -0.25) is 10.1 Å². The predicted octanol–water partition coefficient (Wildman–Crippen LogP) is 2.33. The zero-order valence-corrected chi connectivity index (χ0v) is 12.3. The first kappa shape index (κ1) is 16.5. The Balaban J connectivity index is 2.53. The fourth-order valence-corrected chi connectivity index (χ4v) is 2.32. The van der Waals surface area contributed by atoms with Crippen LogP contribution in [-0.4, -0.2) is 32.8 Å². The van der Waals surface area contributed by atoms with Crippen LogP contribution >= 0.6 is 10.7 Å². The number of methoxy groups -OCH3 is 1. The van der Waals surface area contributed by atoms with Gasteiger partial charge < -0.3 is 9.47 Å². The molecule has 0 spiro atoms. The van der Waals surface area contributed by atoms with Crippen molar-refractivity contribution < 1.29 is 22.8 Å². The Kier molecular flexibility index (Phi) is 6.03. The topological polar surface area (TPSA) is 95.7 Å². The molecule has 0 aliphatic carbocycles. The summed E-state index contributed by atoms with van der Waals surface area (Å²) in [5.74, 6) is 0.506. The smallest absolute Gasteiger partial charge is 0.273 e.